The van der Waals surface area contributed by atoms with Crippen molar-refractivity contribution in [3.8, 4) is 0 Å². The first kappa shape index (κ1) is 11.6. The van der Waals surface area contributed by atoms with E-state index in [4.69, 9.17) is 4.84 Å². The second-order valence-corrected chi connectivity index (χ2v) is 6.16. The molecule has 0 aromatic heterocycles. The molecule has 0 aliphatic carbocycles. The van der Waals surface area contributed by atoms with Gasteiger partial charge in [0.25, 0.3) is 0 Å². The third kappa shape index (κ3) is 2.13. The van der Waals surface area contributed by atoms with Crippen molar-refractivity contribution in [2.45, 2.75) is 37.7 Å². The van der Waals surface area contributed by atoms with Gasteiger partial charge >= 0.3 is 0 Å². The molecule has 0 spiro atoms. The first-order valence-electron chi connectivity index (χ1n) is 6.45. The highest BCUT2D eigenvalue weighted by Crippen LogP contribution is 2.41. The monoisotopic (exact) mass is 252 g/mol. The van der Waals surface area contributed by atoms with Crippen LogP contribution in [0.1, 0.15) is 26.2 Å². The molecule has 3 fully saturated rings. The molecule has 4 heterocycles. The van der Waals surface area contributed by atoms with E-state index in [2.05, 4.69) is 22.4 Å². The van der Waals surface area contributed by atoms with Crippen molar-refractivity contribution in [2.24, 2.45) is 11.1 Å². The standard InChI is InChI=1S/C13H20N2OS/c1-9-7-11(16-14-9)8-12-10-3-5-15(6-4-10)13(12)17-2/h8,10-11,13H,3-7H2,1-2H3/b12-8-. The number of hydrogen-bond acceptors (Lipinski definition) is 4. The third-order valence-electron chi connectivity index (χ3n) is 4.06. The van der Waals surface area contributed by atoms with E-state index in [-0.39, 0.29) is 6.10 Å². The summed E-state index contributed by atoms with van der Waals surface area (Å²) in [6.07, 6.45) is 8.40. The zero-order valence-electron chi connectivity index (χ0n) is 10.6. The predicted octanol–water partition coefficient (Wildman–Crippen LogP) is 2.49. The lowest BCUT2D eigenvalue weighted by Gasteiger charge is -2.47. The lowest BCUT2D eigenvalue weighted by atomic mass is 9.82. The van der Waals surface area contributed by atoms with Crippen LogP contribution in [0.2, 0.25) is 0 Å². The fraction of sp³-hybridized carbons (Fsp3) is 0.769. The fourth-order valence-electron chi connectivity index (χ4n) is 3.21. The van der Waals surface area contributed by atoms with E-state index in [9.17, 15) is 0 Å². The Hall–Kier alpha value is -0.480. The van der Waals surface area contributed by atoms with E-state index in [1.165, 1.54) is 25.9 Å². The van der Waals surface area contributed by atoms with Gasteiger partial charge in [-0.2, -0.15) is 0 Å². The van der Waals surface area contributed by atoms with Gasteiger partial charge in [-0.25, -0.2) is 0 Å². The molecule has 0 N–H and O–H groups in total. The van der Waals surface area contributed by atoms with Crippen molar-refractivity contribution in [1.29, 1.82) is 0 Å². The number of thioether (sulfide) groups is 1. The molecule has 0 amide bonds. The Bertz CT molecular complexity index is 358. The normalized spacial score (nSPS) is 42.7. The Balaban J connectivity index is 1.78. The van der Waals surface area contributed by atoms with E-state index < -0.39 is 0 Å². The van der Waals surface area contributed by atoms with Crippen molar-refractivity contribution < 1.29 is 4.84 Å². The number of fused-ring (bicyclic) bond motifs is 3. The summed E-state index contributed by atoms with van der Waals surface area (Å²) in [5.74, 6) is 0.793. The summed E-state index contributed by atoms with van der Waals surface area (Å²) in [6.45, 7) is 4.59. The molecule has 94 valence electrons. The quantitative estimate of drug-likeness (QED) is 0.706. The average molecular weight is 252 g/mol. The molecular formula is C13H20N2OS. The Morgan fingerprint density at radius 3 is 2.76 bits per heavy atom. The van der Waals surface area contributed by atoms with Gasteiger partial charge in [0.05, 0.1) is 11.1 Å². The maximum Gasteiger partial charge on any atom is 0.151 e. The Morgan fingerprint density at radius 2 is 2.18 bits per heavy atom. The molecule has 2 atom stereocenters. The number of piperidine rings is 3. The predicted molar refractivity (Wildman–Crippen MR) is 72.3 cm³/mol. The van der Waals surface area contributed by atoms with Gasteiger partial charge in [-0.3, -0.25) is 4.90 Å². The van der Waals surface area contributed by atoms with E-state index in [0.717, 1.165) is 18.1 Å². The summed E-state index contributed by atoms with van der Waals surface area (Å²) >= 11 is 1.97. The maximum absolute atomic E-state index is 5.45. The maximum atomic E-state index is 5.45. The van der Waals surface area contributed by atoms with Gasteiger partial charge in [0.15, 0.2) is 6.10 Å². The molecule has 4 aliphatic heterocycles. The van der Waals surface area contributed by atoms with E-state index in [0.29, 0.717) is 5.37 Å². The topological polar surface area (TPSA) is 24.8 Å². The van der Waals surface area contributed by atoms with Crippen molar-refractivity contribution in [3.63, 3.8) is 0 Å². The first-order valence-corrected chi connectivity index (χ1v) is 7.74. The highest BCUT2D eigenvalue weighted by atomic mass is 32.2. The van der Waals surface area contributed by atoms with Gasteiger partial charge in [0.1, 0.15) is 0 Å². The zero-order valence-corrected chi connectivity index (χ0v) is 11.4. The van der Waals surface area contributed by atoms with Crippen LogP contribution in [0, 0.1) is 5.92 Å². The summed E-state index contributed by atoms with van der Waals surface area (Å²) in [4.78, 5) is 8.06. The van der Waals surface area contributed by atoms with Gasteiger partial charge in [-0.05, 0) is 43.6 Å². The molecule has 4 heteroatoms. The van der Waals surface area contributed by atoms with Crippen LogP contribution in [0.3, 0.4) is 0 Å². The van der Waals surface area contributed by atoms with Crippen LogP contribution < -0.4 is 0 Å². The first-order chi connectivity index (χ1) is 8.28. The fourth-order valence-corrected chi connectivity index (χ4v) is 4.26. The summed E-state index contributed by atoms with van der Waals surface area (Å²) < 4.78 is 0. The van der Waals surface area contributed by atoms with Crippen molar-refractivity contribution in [2.75, 3.05) is 19.3 Å². The molecule has 2 bridgehead atoms. The molecule has 0 radical (unpaired) electrons. The second-order valence-electron chi connectivity index (χ2n) is 5.24. The number of rotatable bonds is 2. The summed E-state index contributed by atoms with van der Waals surface area (Å²) in [5.41, 5.74) is 2.72. The van der Waals surface area contributed by atoms with E-state index in [1.807, 2.05) is 18.7 Å². The smallest absolute Gasteiger partial charge is 0.151 e. The molecule has 2 unspecified atom stereocenters. The van der Waals surface area contributed by atoms with Gasteiger partial charge < -0.3 is 4.84 Å². The largest absolute Gasteiger partial charge is 0.388 e. The number of oxime groups is 1. The summed E-state index contributed by atoms with van der Waals surface area (Å²) in [5, 5.41) is 4.64. The summed E-state index contributed by atoms with van der Waals surface area (Å²) in [7, 11) is 0. The van der Waals surface area contributed by atoms with Crippen LogP contribution in [0.25, 0.3) is 0 Å². The molecule has 0 aromatic carbocycles. The minimum absolute atomic E-state index is 0.195. The van der Waals surface area contributed by atoms with Crippen LogP contribution >= 0.6 is 11.8 Å². The SMILES string of the molecule is CSC1/C(=C\C2CC(C)=NO2)C2CCN1CC2. The Labute approximate surface area is 107 Å². The van der Waals surface area contributed by atoms with E-state index >= 15 is 0 Å². The summed E-state index contributed by atoms with van der Waals surface area (Å²) in [6, 6.07) is 0. The highest BCUT2D eigenvalue weighted by molar-refractivity contribution is 7.99. The molecule has 4 rings (SSSR count). The molecule has 17 heavy (non-hydrogen) atoms. The lowest BCUT2D eigenvalue weighted by Crippen LogP contribution is -2.49. The van der Waals surface area contributed by atoms with Crippen LogP contribution in [-0.2, 0) is 4.84 Å². The lowest BCUT2D eigenvalue weighted by molar-refractivity contribution is 0.110. The van der Waals surface area contributed by atoms with Crippen LogP contribution in [0.4, 0.5) is 0 Å². The second kappa shape index (κ2) is 4.65. The van der Waals surface area contributed by atoms with Gasteiger partial charge in [0.2, 0.25) is 0 Å². The third-order valence-corrected chi connectivity index (χ3v) is 5.08. The van der Waals surface area contributed by atoms with Crippen molar-refractivity contribution in [3.05, 3.63) is 11.6 Å². The number of nitrogens with zero attached hydrogens (tertiary/aromatic N) is 2. The molecular weight excluding hydrogens is 232 g/mol. The Kier molecular flexibility index (Phi) is 3.17. The highest BCUT2D eigenvalue weighted by Gasteiger charge is 2.38. The van der Waals surface area contributed by atoms with Crippen LogP contribution in [0.5, 0.6) is 0 Å². The van der Waals surface area contributed by atoms with Crippen LogP contribution in [0.15, 0.2) is 16.8 Å². The minimum Gasteiger partial charge on any atom is -0.388 e. The number of hydrogen-bond donors (Lipinski definition) is 0. The molecule has 4 aliphatic rings. The van der Waals surface area contributed by atoms with Crippen LogP contribution in [-0.4, -0.2) is 41.4 Å². The molecule has 0 saturated carbocycles. The minimum atomic E-state index is 0.195. The molecule has 3 nitrogen and oxygen atoms in total. The molecule has 0 aromatic rings. The van der Waals surface area contributed by atoms with E-state index in [1.54, 1.807) is 5.57 Å². The average Bonchev–Trinajstić information content (AvgIpc) is 2.76. The van der Waals surface area contributed by atoms with Crippen molar-refractivity contribution in [1.82, 2.24) is 4.90 Å². The van der Waals surface area contributed by atoms with Crippen molar-refractivity contribution >= 4 is 17.5 Å². The Morgan fingerprint density at radius 1 is 1.41 bits per heavy atom. The zero-order chi connectivity index (χ0) is 11.8. The van der Waals surface area contributed by atoms with Gasteiger partial charge in [-0.1, -0.05) is 5.16 Å². The van der Waals surface area contributed by atoms with Gasteiger partial charge in [-0.15, -0.1) is 11.8 Å². The molecule has 3 saturated heterocycles. The van der Waals surface area contributed by atoms with Gasteiger partial charge in [0, 0.05) is 19.5 Å².